The van der Waals surface area contributed by atoms with E-state index in [1.54, 1.807) is 0 Å². The lowest BCUT2D eigenvalue weighted by Crippen LogP contribution is -2.19. The minimum Gasteiger partial charge on any atom is -0.332 e. The van der Waals surface area contributed by atoms with E-state index in [1.807, 2.05) is 45.0 Å². The van der Waals surface area contributed by atoms with Crippen molar-refractivity contribution < 1.29 is 0 Å². The molecule has 0 bridgehead atoms. The number of nitrogens with zero attached hydrogens (tertiary/aromatic N) is 1. The third-order valence-corrected chi connectivity index (χ3v) is 2.85. The zero-order valence-corrected chi connectivity index (χ0v) is 11.5. The average molecular weight is 260 g/mol. The molecule has 1 heterocycles. The number of anilines is 2. The van der Waals surface area contributed by atoms with Crippen LogP contribution in [0.4, 0.5) is 11.4 Å². The van der Waals surface area contributed by atoms with Gasteiger partial charge in [0.1, 0.15) is 0 Å². The first-order chi connectivity index (χ1) is 8.56. The standard InChI is InChI=1S/C13H16N4S/c1-8-5-4-6-11(7-8)14-13(18)15-12-9(2)16-17-10(12)3/h4-7H,1-3H3,(H,16,17)(H2,14,15,18). The van der Waals surface area contributed by atoms with Gasteiger partial charge in [0.15, 0.2) is 5.11 Å². The number of hydrogen-bond acceptors (Lipinski definition) is 2. The molecule has 0 amide bonds. The Morgan fingerprint density at radius 3 is 2.61 bits per heavy atom. The summed E-state index contributed by atoms with van der Waals surface area (Å²) >= 11 is 5.28. The van der Waals surface area contributed by atoms with Gasteiger partial charge in [0.05, 0.1) is 17.1 Å². The van der Waals surface area contributed by atoms with Crippen molar-refractivity contribution >= 4 is 28.7 Å². The first-order valence-electron chi connectivity index (χ1n) is 5.72. The predicted octanol–water partition coefficient (Wildman–Crippen LogP) is 3.14. The lowest BCUT2D eigenvalue weighted by atomic mass is 10.2. The maximum absolute atomic E-state index is 5.28. The molecule has 0 saturated heterocycles. The molecular weight excluding hydrogens is 244 g/mol. The molecule has 1 aromatic carbocycles. The number of H-pyrrole nitrogens is 1. The van der Waals surface area contributed by atoms with Crippen molar-refractivity contribution in [2.75, 3.05) is 10.6 Å². The molecule has 0 spiro atoms. The van der Waals surface area contributed by atoms with Crippen molar-refractivity contribution in [3.63, 3.8) is 0 Å². The van der Waals surface area contributed by atoms with Crippen LogP contribution in [0.5, 0.6) is 0 Å². The highest BCUT2D eigenvalue weighted by Crippen LogP contribution is 2.17. The van der Waals surface area contributed by atoms with Crippen molar-refractivity contribution in [1.82, 2.24) is 10.2 Å². The predicted molar refractivity (Wildman–Crippen MR) is 79.1 cm³/mol. The molecular formula is C13H16N4S. The number of hydrogen-bond donors (Lipinski definition) is 3. The summed E-state index contributed by atoms with van der Waals surface area (Å²) in [6, 6.07) is 8.07. The fourth-order valence-electron chi connectivity index (χ4n) is 1.73. The maximum atomic E-state index is 5.28. The molecule has 0 fully saturated rings. The van der Waals surface area contributed by atoms with Crippen molar-refractivity contribution in [3.05, 3.63) is 41.2 Å². The van der Waals surface area contributed by atoms with Crippen molar-refractivity contribution in [3.8, 4) is 0 Å². The summed E-state index contributed by atoms with van der Waals surface area (Å²) in [6.45, 7) is 5.94. The van der Waals surface area contributed by atoms with E-state index >= 15 is 0 Å². The van der Waals surface area contributed by atoms with E-state index < -0.39 is 0 Å². The number of thiocarbonyl (C=S) groups is 1. The van der Waals surface area contributed by atoms with Crippen LogP contribution in [-0.4, -0.2) is 15.3 Å². The Labute approximate surface area is 112 Å². The summed E-state index contributed by atoms with van der Waals surface area (Å²) in [7, 11) is 0. The van der Waals surface area contributed by atoms with Crippen LogP contribution >= 0.6 is 12.2 Å². The molecule has 4 nitrogen and oxygen atoms in total. The van der Waals surface area contributed by atoms with E-state index in [1.165, 1.54) is 5.56 Å². The second kappa shape index (κ2) is 5.18. The fraction of sp³-hybridized carbons (Fsp3) is 0.231. The van der Waals surface area contributed by atoms with E-state index in [9.17, 15) is 0 Å². The monoisotopic (exact) mass is 260 g/mol. The molecule has 0 aliphatic carbocycles. The maximum Gasteiger partial charge on any atom is 0.175 e. The van der Waals surface area contributed by atoms with Gasteiger partial charge in [-0.15, -0.1) is 0 Å². The SMILES string of the molecule is Cc1cccc(NC(=S)Nc2c(C)n[nH]c2C)c1. The van der Waals surface area contributed by atoms with Gasteiger partial charge in [0.25, 0.3) is 0 Å². The summed E-state index contributed by atoms with van der Waals surface area (Å²) in [6.07, 6.45) is 0. The van der Waals surface area contributed by atoms with Gasteiger partial charge in [-0.2, -0.15) is 5.10 Å². The molecule has 5 heteroatoms. The van der Waals surface area contributed by atoms with Gasteiger partial charge < -0.3 is 10.6 Å². The van der Waals surface area contributed by atoms with E-state index in [0.29, 0.717) is 5.11 Å². The van der Waals surface area contributed by atoms with E-state index in [2.05, 4.69) is 20.8 Å². The Morgan fingerprint density at radius 1 is 1.22 bits per heavy atom. The molecule has 0 unspecified atom stereocenters. The molecule has 18 heavy (non-hydrogen) atoms. The van der Waals surface area contributed by atoms with E-state index in [0.717, 1.165) is 22.8 Å². The van der Waals surface area contributed by atoms with Crippen LogP contribution in [0.25, 0.3) is 0 Å². The fourth-order valence-corrected chi connectivity index (χ4v) is 1.95. The van der Waals surface area contributed by atoms with Gasteiger partial charge in [0, 0.05) is 5.69 Å². The van der Waals surface area contributed by atoms with Gasteiger partial charge in [-0.1, -0.05) is 12.1 Å². The smallest absolute Gasteiger partial charge is 0.175 e. The van der Waals surface area contributed by atoms with E-state index in [-0.39, 0.29) is 0 Å². The van der Waals surface area contributed by atoms with Crippen LogP contribution in [0.1, 0.15) is 17.0 Å². The topological polar surface area (TPSA) is 52.7 Å². The largest absolute Gasteiger partial charge is 0.332 e. The van der Waals surface area contributed by atoms with E-state index in [4.69, 9.17) is 12.2 Å². The lowest BCUT2D eigenvalue weighted by molar-refractivity contribution is 1.02. The van der Waals surface area contributed by atoms with Gasteiger partial charge >= 0.3 is 0 Å². The van der Waals surface area contributed by atoms with Gasteiger partial charge in [-0.3, -0.25) is 5.10 Å². The molecule has 2 rings (SSSR count). The molecule has 94 valence electrons. The molecule has 2 aromatic rings. The summed E-state index contributed by atoms with van der Waals surface area (Å²) in [5.41, 5.74) is 4.98. The van der Waals surface area contributed by atoms with Crippen molar-refractivity contribution in [2.24, 2.45) is 0 Å². The van der Waals surface area contributed by atoms with Crippen LogP contribution in [0.3, 0.4) is 0 Å². The Kier molecular flexibility index (Phi) is 3.62. The van der Waals surface area contributed by atoms with Gasteiger partial charge in [-0.25, -0.2) is 0 Å². The zero-order chi connectivity index (χ0) is 13.1. The molecule has 3 N–H and O–H groups in total. The molecule has 0 aliphatic rings. The third-order valence-electron chi connectivity index (χ3n) is 2.64. The van der Waals surface area contributed by atoms with Crippen LogP contribution < -0.4 is 10.6 Å². The van der Waals surface area contributed by atoms with Crippen molar-refractivity contribution in [2.45, 2.75) is 20.8 Å². The molecule has 0 atom stereocenters. The quantitative estimate of drug-likeness (QED) is 0.726. The molecule has 1 aromatic heterocycles. The highest BCUT2D eigenvalue weighted by atomic mass is 32.1. The number of aromatic nitrogens is 2. The summed E-state index contributed by atoms with van der Waals surface area (Å²) in [5, 5.41) is 13.9. The number of nitrogens with one attached hydrogen (secondary N) is 3. The normalized spacial score (nSPS) is 10.2. The highest BCUT2D eigenvalue weighted by Gasteiger charge is 2.07. The van der Waals surface area contributed by atoms with Crippen LogP contribution in [0.2, 0.25) is 0 Å². The van der Waals surface area contributed by atoms with Gasteiger partial charge in [0.2, 0.25) is 0 Å². The van der Waals surface area contributed by atoms with Gasteiger partial charge in [-0.05, 0) is 50.7 Å². The Bertz CT molecular complexity index is 555. The summed E-state index contributed by atoms with van der Waals surface area (Å²) in [5.74, 6) is 0. The summed E-state index contributed by atoms with van der Waals surface area (Å²) < 4.78 is 0. The number of aromatic amines is 1. The Balaban J connectivity index is 2.06. The molecule has 0 radical (unpaired) electrons. The Morgan fingerprint density at radius 2 is 2.00 bits per heavy atom. The minimum atomic E-state index is 0.563. The first-order valence-corrected chi connectivity index (χ1v) is 6.13. The highest BCUT2D eigenvalue weighted by molar-refractivity contribution is 7.80. The zero-order valence-electron chi connectivity index (χ0n) is 10.7. The van der Waals surface area contributed by atoms with Crippen molar-refractivity contribution in [1.29, 1.82) is 0 Å². The second-order valence-electron chi connectivity index (χ2n) is 4.26. The number of rotatable bonds is 2. The van der Waals surface area contributed by atoms with Crippen LogP contribution in [0, 0.1) is 20.8 Å². The molecule has 0 saturated carbocycles. The van der Waals surface area contributed by atoms with Crippen LogP contribution in [0.15, 0.2) is 24.3 Å². The third kappa shape index (κ3) is 2.87. The van der Waals surface area contributed by atoms with Crippen LogP contribution in [-0.2, 0) is 0 Å². The first kappa shape index (κ1) is 12.6. The second-order valence-corrected chi connectivity index (χ2v) is 4.67. The average Bonchev–Trinajstić information content (AvgIpc) is 2.61. The number of benzene rings is 1. The molecule has 0 aliphatic heterocycles. The minimum absolute atomic E-state index is 0.563. The Hall–Kier alpha value is -1.88. The number of aryl methyl sites for hydroxylation is 3. The lowest BCUT2D eigenvalue weighted by Gasteiger charge is -2.11. The summed E-state index contributed by atoms with van der Waals surface area (Å²) in [4.78, 5) is 0.